The minimum atomic E-state index is -3.69. The molecule has 9 heteroatoms. The number of hydrazine groups is 1. The van der Waals surface area contributed by atoms with Crippen LogP contribution in [0.3, 0.4) is 0 Å². The van der Waals surface area contributed by atoms with Crippen LogP contribution in [0.1, 0.15) is 48.0 Å². The zero-order valence-corrected chi connectivity index (χ0v) is 16.9. The first kappa shape index (κ1) is 20.5. The first-order chi connectivity index (χ1) is 13.2. The third-order valence-corrected chi connectivity index (χ3v) is 6.32. The highest BCUT2D eigenvalue weighted by Gasteiger charge is 2.23. The Labute approximate surface area is 164 Å². The number of hydrogen-bond acceptors (Lipinski definition) is 4. The lowest BCUT2D eigenvalue weighted by Gasteiger charge is -2.21. The molecule has 1 aromatic heterocycles. The van der Waals surface area contributed by atoms with Gasteiger partial charge in [0.05, 0.1) is 23.3 Å². The van der Waals surface area contributed by atoms with Gasteiger partial charge in [-0.2, -0.15) is 0 Å². The molecule has 0 radical (unpaired) electrons. The Balaban J connectivity index is 1.72. The predicted octanol–water partition coefficient (Wildman–Crippen LogP) is 2.68. The Morgan fingerprint density at radius 3 is 2.64 bits per heavy atom. The Hall–Kier alpha value is -2.26. The van der Waals surface area contributed by atoms with Crippen molar-refractivity contribution in [2.24, 2.45) is 13.0 Å². The lowest BCUT2D eigenvalue weighted by atomic mass is 9.91. The summed E-state index contributed by atoms with van der Waals surface area (Å²) in [5, 5.41) is 0. The molecule has 1 aliphatic rings. The van der Waals surface area contributed by atoms with Gasteiger partial charge in [-0.05, 0) is 43.4 Å². The lowest BCUT2D eigenvalue weighted by Crippen LogP contribution is -2.44. The number of hydrogen-bond donors (Lipinski definition) is 2. The van der Waals surface area contributed by atoms with Gasteiger partial charge in [0, 0.05) is 18.8 Å². The van der Waals surface area contributed by atoms with Crippen molar-refractivity contribution in [3.63, 3.8) is 0 Å². The summed E-state index contributed by atoms with van der Waals surface area (Å²) < 4.78 is 40.7. The third-order valence-electron chi connectivity index (χ3n) is 5.00. The smallest absolute Gasteiger partial charge is 0.269 e. The SMILES string of the molecule is Cc1cc(-c2cn(C)cn2)cc(C(=O)NNS(=O)(=O)CC2CCCCC2)c1F. The molecule has 0 bridgehead atoms. The van der Waals surface area contributed by atoms with Crippen molar-refractivity contribution in [2.75, 3.05) is 5.75 Å². The van der Waals surface area contributed by atoms with Crippen LogP contribution in [0.5, 0.6) is 0 Å². The molecule has 0 aliphatic heterocycles. The molecule has 152 valence electrons. The molecule has 1 amide bonds. The molecule has 0 unspecified atom stereocenters. The molecule has 0 saturated heterocycles. The number of amides is 1. The topological polar surface area (TPSA) is 93.1 Å². The summed E-state index contributed by atoms with van der Waals surface area (Å²) in [5.41, 5.74) is 3.35. The molecule has 7 nitrogen and oxygen atoms in total. The second kappa shape index (κ2) is 8.40. The first-order valence-corrected chi connectivity index (χ1v) is 11.0. The summed E-state index contributed by atoms with van der Waals surface area (Å²) in [6.07, 6.45) is 8.28. The monoisotopic (exact) mass is 408 g/mol. The summed E-state index contributed by atoms with van der Waals surface area (Å²) in [5.74, 6) is -1.48. The number of halogens is 1. The van der Waals surface area contributed by atoms with Gasteiger partial charge in [-0.25, -0.2) is 17.8 Å². The molecule has 1 saturated carbocycles. The lowest BCUT2D eigenvalue weighted by molar-refractivity contribution is 0.0940. The number of sulfonamides is 1. The van der Waals surface area contributed by atoms with Gasteiger partial charge in [0.1, 0.15) is 5.82 Å². The van der Waals surface area contributed by atoms with Crippen LogP contribution >= 0.6 is 0 Å². The van der Waals surface area contributed by atoms with Gasteiger partial charge in [0.15, 0.2) is 0 Å². The molecule has 2 aromatic rings. The number of carbonyl (C=O) groups excluding carboxylic acids is 1. The number of imidazole rings is 1. The largest absolute Gasteiger partial charge is 0.340 e. The van der Waals surface area contributed by atoms with E-state index < -0.39 is 21.7 Å². The molecule has 1 fully saturated rings. The van der Waals surface area contributed by atoms with Crippen molar-refractivity contribution in [3.8, 4) is 11.3 Å². The van der Waals surface area contributed by atoms with Crippen molar-refractivity contribution < 1.29 is 17.6 Å². The van der Waals surface area contributed by atoms with Gasteiger partial charge in [0.2, 0.25) is 10.0 Å². The summed E-state index contributed by atoms with van der Waals surface area (Å²) >= 11 is 0. The van der Waals surface area contributed by atoms with E-state index >= 15 is 0 Å². The van der Waals surface area contributed by atoms with Crippen LogP contribution in [0.4, 0.5) is 4.39 Å². The van der Waals surface area contributed by atoms with Gasteiger partial charge < -0.3 is 4.57 Å². The molecule has 0 spiro atoms. The number of nitrogens with one attached hydrogen (secondary N) is 2. The fourth-order valence-corrected chi connectivity index (χ4v) is 4.83. The fraction of sp³-hybridized carbons (Fsp3) is 0.474. The maximum atomic E-state index is 14.5. The van der Waals surface area contributed by atoms with Crippen molar-refractivity contribution in [1.82, 2.24) is 19.8 Å². The Morgan fingerprint density at radius 1 is 1.29 bits per heavy atom. The van der Waals surface area contributed by atoms with E-state index in [2.05, 4.69) is 15.2 Å². The molecule has 3 rings (SSSR count). The third kappa shape index (κ3) is 4.96. The van der Waals surface area contributed by atoms with Crippen LogP contribution in [0.2, 0.25) is 0 Å². The van der Waals surface area contributed by atoms with E-state index in [4.69, 9.17) is 0 Å². The molecule has 0 atom stereocenters. The summed E-state index contributed by atoms with van der Waals surface area (Å²) in [4.78, 5) is 18.7. The van der Waals surface area contributed by atoms with E-state index in [1.54, 1.807) is 30.1 Å². The summed E-state index contributed by atoms with van der Waals surface area (Å²) in [7, 11) is -1.88. The Morgan fingerprint density at radius 2 is 2.00 bits per heavy atom. The van der Waals surface area contributed by atoms with E-state index in [9.17, 15) is 17.6 Å². The van der Waals surface area contributed by atoms with Gasteiger partial charge in [0.25, 0.3) is 5.91 Å². The van der Waals surface area contributed by atoms with Crippen molar-refractivity contribution >= 4 is 15.9 Å². The number of aromatic nitrogens is 2. The number of aryl methyl sites for hydroxylation is 2. The van der Waals surface area contributed by atoms with E-state index in [1.807, 2.05) is 7.05 Å². The molecule has 1 aliphatic carbocycles. The normalized spacial score (nSPS) is 15.5. The number of carbonyl (C=O) groups is 1. The second-order valence-corrected chi connectivity index (χ2v) is 9.19. The number of rotatable bonds is 6. The van der Waals surface area contributed by atoms with Gasteiger partial charge in [-0.15, -0.1) is 4.83 Å². The average molecular weight is 408 g/mol. The van der Waals surface area contributed by atoms with E-state index in [1.165, 1.54) is 6.07 Å². The molecule has 1 aromatic carbocycles. The van der Waals surface area contributed by atoms with E-state index in [-0.39, 0.29) is 22.8 Å². The minimum absolute atomic E-state index is 0.0389. The van der Waals surface area contributed by atoms with Crippen LogP contribution in [-0.2, 0) is 17.1 Å². The highest BCUT2D eigenvalue weighted by Crippen LogP contribution is 2.25. The Bertz CT molecular complexity index is 966. The van der Waals surface area contributed by atoms with Crippen LogP contribution in [0.15, 0.2) is 24.7 Å². The second-order valence-electron chi connectivity index (χ2n) is 7.42. The molecule has 1 heterocycles. The van der Waals surface area contributed by atoms with Crippen LogP contribution in [0, 0.1) is 18.7 Å². The Kier molecular flexibility index (Phi) is 6.14. The standard InChI is InChI=1S/C19H25FN4O3S/c1-13-8-15(17-10-24(2)12-21-17)9-16(18(13)20)19(25)22-23-28(26,27)11-14-6-4-3-5-7-14/h8-10,12,14,23H,3-7,11H2,1-2H3,(H,22,25). The summed E-state index contributed by atoms with van der Waals surface area (Å²) in [6, 6.07) is 2.97. The van der Waals surface area contributed by atoms with E-state index in [0.29, 0.717) is 11.3 Å². The fourth-order valence-electron chi connectivity index (χ4n) is 3.54. The van der Waals surface area contributed by atoms with Gasteiger partial charge in [-0.3, -0.25) is 10.2 Å². The quantitative estimate of drug-likeness (QED) is 0.719. The van der Waals surface area contributed by atoms with Gasteiger partial charge >= 0.3 is 0 Å². The molecular formula is C19H25FN4O3S. The molecule has 2 N–H and O–H groups in total. The number of benzene rings is 1. The van der Waals surface area contributed by atoms with Crippen LogP contribution in [-0.4, -0.2) is 29.6 Å². The summed E-state index contributed by atoms with van der Waals surface area (Å²) in [6.45, 7) is 1.55. The highest BCUT2D eigenvalue weighted by molar-refractivity contribution is 7.89. The first-order valence-electron chi connectivity index (χ1n) is 9.33. The van der Waals surface area contributed by atoms with Gasteiger partial charge in [-0.1, -0.05) is 19.3 Å². The van der Waals surface area contributed by atoms with Crippen LogP contribution < -0.4 is 10.3 Å². The van der Waals surface area contributed by atoms with Crippen molar-refractivity contribution in [2.45, 2.75) is 39.0 Å². The van der Waals surface area contributed by atoms with E-state index in [0.717, 1.165) is 32.1 Å². The molecule has 28 heavy (non-hydrogen) atoms. The zero-order chi connectivity index (χ0) is 20.3. The average Bonchev–Trinajstić information content (AvgIpc) is 3.09. The maximum absolute atomic E-state index is 14.5. The zero-order valence-electron chi connectivity index (χ0n) is 16.0. The molecular weight excluding hydrogens is 383 g/mol. The predicted molar refractivity (Wildman–Crippen MR) is 104 cm³/mol. The highest BCUT2D eigenvalue weighted by atomic mass is 32.2. The van der Waals surface area contributed by atoms with Crippen LogP contribution in [0.25, 0.3) is 11.3 Å². The minimum Gasteiger partial charge on any atom is -0.340 e. The van der Waals surface area contributed by atoms with Crippen molar-refractivity contribution in [1.29, 1.82) is 0 Å². The maximum Gasteiger partial charge on any atom is 0.269 e. The number of nitrogens with zero attached hydrogens (tertiary/aromatic N) is 2. The van der Waals surface area contributed by atoms with Crippen molar-refractivity contribution in [3.05, 3.63) is 41.6 Å².